The molecule has 0 fully saturated rings. The van der Waals surface area contributed by atoms with E-state index in [-0.39, 0.29) is 24.0 Å². The molecule has 1 aliphatic heterocycles. The van der Waals surface area contributed by atoms with E-state index in [1.807, 2.05) is 23.1 Å². The summed E-state index contributed by atoms with van der Waals surface area (Å²) in [5, 5.41) is 5.80. The first kappa shape index (κ1) is 21.8. The van der Waals surface area contributed by atoms with Gasteiger partial charge in [0.1, 0.15) is 0 Å². The molecule has 5 rings (SSSR count). The summed E-state index contributed by atoms with van der Waals surface area (Å²) in [5.74, 6) is 0.0771. The summed E-state index contributed by atoms with van der Waals surface area (Å²) in [5.41, 5.74) is 5.04. The smallest absolute Gasteiger partial charge is 0.255 e. The SMILES string of the molecule is CC(C)N(C(=O)c1c([C@@H]2Nc3ccc(Br)cc3-n3cccc32)ccc2ccccc12)C(C)C. The van der Waals surface area contributed by atoms with Crippen molar-refractivity contribution in [3.8, 4) is 5.69 Å². The third-order valence-corrected chi connectivity index (χ3v) is 6.92. The lowest BCUT2D eigenvalue weighted by molar-refractivity contribution is 0.0644. The Labute approximate surface area is 203 Å². The number of carbonyl (C=O) groups is 1. The van der Waals surface area contributed by atoms with Crippen LogP contribution in [0.2, 0.25) is 0 Å². The van der Waals surface area contributed by atoms with Crippen molar-refractivity contribution < 1.29 is 4.79 Å². The van der Waals surface area contributed by atoms with E-state index in [1.54, 1.807) is 0 Å². The molecule has 33 heavy (non-hydrogen) atoms. The molecular formula is C28H28BrN3O. The Hall–Kier alpha value is -3.05. The normalized spacial score (nSPS) is 14.8. The van der Waals surface area contributed by atoms with E-state index in [4.69, 9.17) is 0 Å². The lowest BCUT2D eigenvalue weighted by Gasteiger charge is -2.34. The van der Waals surface area contributed by atoms with Crippen molar-refractivity contribution in [2.75, 3.05) is 5.32 Å². The van der Waals surface area contributed by atoms with Gasteiger partial charge in [0.25, 0.3) is 5.91 Å². The van der Waals surface area contributed by atoms with Crippen molar-refractivity contribution in [2.45, 2.75) is 45.8 Å². The Kier molecular flexibility index (Phi) is 5.53. The average molecular weight is 502 g/mol. The molecule has 0 radical (unpaired) electrons. The minimum absolute atomic E-state index is 0.0771. The average Bonchev–Trinajstić information content (AvgIpc) is 3.28. The number of halogens is 1. The van der Waals surface area contributed by atoms with Gasteiger partial charge in [0, 0.05) is 28.4 Å². The van der Waals surface area contributed by atoms with Crippen LogP contribution in [0.3, 0.4) is 0 Å². The van der Waals surface area contributed by atoms with E-state index in [9.17, 15) is 4.79 Å². The van der Waals surface area contributed by atoms with Crippen molar-refractivity contribution in [2.24, 2.45) is 0 Å². The van der Waals surface area contributed by atoms with E-state index >= 15 is 0 Å². The van der Waals surface area contributed by atoms with Gasteiger partial charge in [0.2, 0.25) is 0 Å². The van der Waals surface area contributed by atoms with Crippen molar-refractivity contribution >= 4 is 38.3 Å². The number of fused-ring (bicyclic) bond motifs is 4. The maximum atomic E-state index is 14.1. The number of rotatable bonds is 4. The highest BCUT2D eigenvalue weighted by Crippen LogP contribution is 2.41. The van der Waals surface area contributed by atoms with Crippen molar-refractivity contribution in [1.82, 2.24) is 9.47 Å². The number of nitrogens with one attached hydrogen (secondary N) is 1. The third-order valence-electron chi connectivity index (χ3n) is 6.43. The van der Waals surface area contributed by atoms with Gasteiger partial charge in [-0.1, -0.05) is 52.3 Å². The van der Waals surface area contributed by atoms with Crippen LogP contribution in [0.15, 0.2) is 77.4 Å². The number of benzene rings is 3. The zero-order valence-corrected chi connectivity index (χ0v) is 20.9. The third kappa shape index (κ3) is 3.65. The van der Waals surface area contributed by atoms with Gasteiger partial charge in [-0.15, -0.1) is 0 Å². The van der Waals surface area contributed by atoms with Gasteiger partial charge in [-0.05, 0) is 74.4 Å². The molecule has 0 saturated heterocycles. The van der Waals surface area contributed by atoms with Crippen LogP contribution < -0.4 is 5.32 Å². The minimum Gasteiger partial charge on any atom is -0.371 e. The van der Waals surface area contributed by atoms with Gasteiger partial charge in [-0.3, -0.25) is 4.79 Å². The van der Waals surface area contributed by atoms with Crippen LogP contribution in [-0.2, 0) is 0 Å². The standard InChI is InChI=1S/C28H28BrN3O/c1-17(2)32(18(3)4)28(33)26-21-9-6-5-8-19(21)11-13-22(26)27-24-10-7-15-31(24)25-16-20(29)12-14-23(25)30-27/h5-18,27,30H,1-4H3/t27-/m0/s1. The molecule has 1 amide bonds. The molecule has 4 aromatic rings. The molecule has 1 atom stereocenters. The fourth-order valence-corrected chi connectivity index (χ4v) is 5.45. The molecule has 1 aliphatic rings. The van der Waals surface area contributed by atoms with E-state index < -0.39 is 0 Å². The molecular weight excluding hydrogens is 474 g/mol. The summed E-state index contributed by atoms with van der Waals surface area (Å²) in [6.45, 7) is 8.34. The molecule has 0 spiro atoms. The topological polar surface area (TPSA) is 37.3 Å². The highest BCUT2D eigenvalue weighted by Gasteiger charge is 2.32. The van der Waals surface area contributed by atoms with E-state index in [0.29, 0.717) is 0 Å². The number of nitrogens with zero attached hydrogens (tertiary/aromatic N) is 2. The van der Waals surface area contributed by atoms with Gasteiger partial charge in [0.15, 0.2) is 0 Å². The van der Waals surface area contributed by atoms with Gasteiger partial charge in [0.05, 0.1) is 23.0 Å². The molecule has 5 heteroatoms. The first-order valence-corrected chi connectivity index (χ1v) is 12.2. The molecule has 1 aromatic heterocycles. The van der Waals surface area contributed by atoms with E-state index in [0.717, 1.165) is 43.4 Å². The summed E-state index contributed by atoms with van der Waals surface area (Å²) in [6, 6.07) is 22.9. The molecule has 168 valence electrons. The van der Waals surface area contributed by atoms with Crippen LogP contribution in [0.25, 0.3) is 16.5 Å². The first-order valence-electron chi connectivity index (χ1n) is 11.4. The quantitative estimate of drug-likeness (QED) is 0.321. The number of aromatic nitrogens is 1. The van der Waals surface area contributed by atoms with E-state index in [1.165, 1.54) is 0 Å². The van der Waals surface area contributed by atoms with Crippen LogP contribution in [0.5, 0.6) is 0 Å². The molecule has 2 heterocycles. The maximum absolute atomic E-state index is 14.1. The van der Waals surface area contributed by atoms with Crippen LogP contribution >= 0.6 is 15.9 Å². The second-order valence-corrected chi connectivity index (χ2v) is 10.1. The fourth-order valence-electron chi connectivity index (χ4n) is 5.10. The predicted molar refractivity (Wildman–Crippen MR) is 139 cm³/mol. The van der Waals surface area contributed by atoms with Gasteiger partial charge in [-0.25, -0.2) is 0 Å². The number of carbonyl (C=O) groups excluding carboxylic acids is 1. The zero-order chi connectivity index (χ0) is 23.3. The number of anilines is 1. The molecule has 1 N–H and O–H groups in total. The molecule has 0 aliphatic carbocycles. The number of hydrogen-bond acceptors (Lipinski definition) is 2. The zero-order valence-electron chi connectivity index (χ0n) is 19.3. The summed E-state index contributed by atoms with van der Waals surface area (Å²) in [7, 11) is 0. The Morgan fingerprint density at radius 1 is 0.970 bits per heavy atom. The van der Waals surface area contributed by atoms with E-state index in [2.05, 4.69) is 108 Å². The van der Waals surface area contributed by atoms with Crippen LogP contribution in [0, 0.1) is 0 Å². The maximum Gasteiger partial charge on any atom is 0.255 e. The molecule has 0 saturated carbocycles. The van der Waals surface area contributed by atoms with Crippen LogP contribution in [0.4, 0.5) is 5.69 Å². The first-order chi connectivity index (χ1) is 15.9. The second-order valence-electron chi connectivity index (χ2n) is 9.19. The molecule has 0 unspecified atom stereocenters. The summed E-state index contributed by atoms with van der Waals surface area (Å²) in [6.07, 6.45) is 2.09. The summed E-state index contributed by atoms with van der Waals surface area (Å²) >= 11 is 3.60. The Bertz CT molecular complexity index is 1350. The monoisotopic (exact) mass is 501 g/mol. The van der Waals surface area contributed by atoms with Gasteiger partial charge in [-0.2, -0.15) is 0 Å². The largest absolute Gasteiger partial charge is 0.371 e. The van der Waals surface area contributed by atoms with Crippen LogP contribution in [-0.4, -0.2) is 27.5 Å². The summed E-state index contributed by atoms with van der Waals surface area (Å²) in [4.78, 5) is 16.1. The van der Waals surface area contributed by atoms with Crippen molar-refractivity contribution in [3.05, 3.63) is 94.2 Å². The predicted octanol–water partition coefficient (Wildman–Crippen LogP) is 7.17. The highest BCUT2D eigenvalue weighted by molar-refractivity contribution is 9.10. The lowest BCUT2D eigenvalue weighted by Crippen LogP contribution is -2.42. The summed E-state index contributed by atoms with van der Waals surface area (Å²) < 4.78 is 3.25. The second kappa shape index (κ2) is 8.38. The highest BCUT2D eigenvalue weighted by atomic mass is 79.9. The lowest BCUT2D eigenvalue weighted by atomic mass is 9.90. The molecule has 4 nitrogen and oxygen atoms in total. The molecule has 3 aromatic carbocycles. The number of hydrogen-bond donors (Lipinski definition) is 1. The number of amides is 1. The van der Waals surface area contributed by atoms with Crippen molar-refractivity contribution in [3.63, 3.8) is 0 Å². The minimum atomic E-state index is -0.140. The van der Waals surface area contributed by atoms with Crippen LogP contribution in [0.1, 0.15) is 55.4 Å². The van der Waals surface area contributed by atoms with Gasteiger partial charge < -0.3 is 14.8 Å². The fraction of sp³-hybridized carbons (Fsp3) is 0.250. The Balaban J connectivity index is 1.74. The Morgan fingerprint density at radius 2 is 1.73 bits per heavy atom. The van der Waals surface area contributed by atoms with Gasteiger partial charge >= 0.3 is 0 Å². The Morgan fingerprint density at radius 3 is 2.48 bits per heavy atom. The van der Waals surface area contributed by atoms with Crippen molar-refractivity contribution in [1.29, 1.82) is 0 Å². The molecule has 0 bridgehead atoms.